The number of piperidine rings is 1. The van der Waals surface area contributed by atoms with Crippen LogP contribution in [0.2, 0.25) is 0 Å². The van der Waals surface area contributed by atoms with Crippen LogP contribution in [0.15, 0.2) is 22.7 Å². The molecule has 21 heavy (non-hydrogen) atoms. The predicted molar refractivity (Wildman–Crippen MR) is 85.8 cm³/mol. The van der Waals surface area contributed by atoms with Crippen LogP contribution in [0, 0.1) is 17.7 Å². The average Bonchev–Trinajstić information content (AvgIpc) is 2.40. The van der Waals surface area contributed by atoms with Crippen LogP contribution < -0.4 is 5.32 Å². The van der Waals surface area contributed by atoms with Gasteiger partial charge in [-0.2, -0.15) is 0 Å². The number of nitrogens with zero attached hydrogens (tertiary/aromatic N) is 1. The maximum absolute atomic E-state index is 13.2. The van der Waals surface area contributed by atoms with Gasteiger partial charge in [-0.15, -0.1) is 0 Å². The number of nitrogens with one attached hydrogen (secondary N) is 1. The Hall–Kier alpha value is -0.940. The van der Waals surface area contributed by atoms with E-state index in [1.54, 1.807) is 6.07 Å². The molecule has 0 aliphatic carbocycles. The van der Waals surface area contributed by atoms with Crippen LogP contribution in [0.5, 0.6) is 0 Å². The topological polar surface area (TPSA) is 32.3 Å². The maximum Gasteiger partial charge on any atom is 0.252 e. The Kier molecular flexibility index (Phi) is 5.76. The Morgan fingerprint density at radius 1 is 1.38 bits per heavy atom. The average molecular weight is 357 g/mol. The Morgan fingerprint density at radius 3 is 2.71 bits per heavy atom. The first kappa shape index (κ1) is 16.4. The Labute approximate surface area is 134 Å². The second-order valence-corrected chi connectivity index (χ2v) is 6.94. The normalized spacial score (nSPS) is 23.0. The van der Waals surface area contributed by atoms with Gasteiger partial charge in [-0.05, 0) is 52.4 Å². The molecule has 1 fully saturated rings. The first-order valence-corrected chi connectivity index (χ1v) is 8.20. The van der Waals surface area contributed by atoms with Crippen molar-refractivity contribution in [2.24, 2.45) is 11.8 Å². The van der Waals surface area contributed by atoms with E-state index in [1.807, 2.05) is 0 Å². The van der Waals surface area contributed by atoms with E-state index >= 15 is 0 Å². The predicted octanol–water partition coefficient (Wildman–Crippen LogP) is 3.30. The lowest BCUT2D eigenvalue weighted by atomic mass is 9.92. The quantitative estimate of drug-likeness (QED) is 0.897. The minimum Gasteiger partial charge on any atom is -0.351 e. The Bertz CT molecular complexity index is 499. The molecule has 116 valence electrons. The van der Waals surface area contributed by atoms with Gasteiger partial charge in [0.15, 0.2) is 0 Å². The summed E-state index contributed by atoms with van der Waals surface area (Å²) >= 11 is 3.28. The molecule has 0 saturated carbocycles. The van der Waals surface area contributed by atoms with Crippen molar-refractivity contribution < 1.29 is 9.18 Å². The van der Waals surface area contributed by atoms with Crippen LogP contribution in [0.25, 0.3) is 0 Å². The second-order valence-electron chi connectivity index (χ2n) is 6.09. The largest absolute Gasteiger partial charge is 0.351 e. The van der Waals surface area contributed by atoms with Crippen LogP contribution in [-0.2, 0) is 0 Å². The van der Waals surface area contributed by atoms with Gasteiger partial charge in [0.1, 0.15) is 5.82 Å². The molecule has 0 spiro atoms. The molecule has 0 unspecified atom stereocenters. The molecule has 5 heteroatoms. The summed E-state index contributed by atoms with van der Waals surface area (Å²) in [5.74, 6) is 0.783. The molecule has 2 atom stereocenters. The van der Waals surface area contributed by atoms with Crippen molar-refractivity contribution in [1.82, 2.24) is 10.2 Å². The highest BCUT2D eigenvalue weighted by Gasteiger charge is 2.21. The number of likely N-dealkylation sites (tertiary alicyclic amines) is 1. The first-order chi connectivity index (χ1) is 9.95. The van der Waals surface area contributed by atoms with Gasteiger partial charge in [0, 0.05) is 30.7 Å². The summed E-state index contributed by atoms with van der Waals surface area (Å²) in [6, 6.07) is 4.14. The van der Waals surface area contributed by atoms with Crippen molar-refractivity contribution in [3.63, 3.8) is 0 Å². The fourth-order valence-electron chi connectivity index (χ4n) is 3.07. The molecule has 2 rings (SSSR count). The molecular formula is C16H22BrFN2O. The molecule has 1 aliphatic heterocycles. The van der Waals surface area contributed by atoms with Crippen molar-refractivity contribution in [2.45, 2.75) is 20.3 Å². The summed E-state index contributed by atoms with van der Waals surface area (Å²) in [6.45, 7) is 8.14. The lowest BCUT2D eigenvalue weighted by Crippen LogP contribution is -2.42. The van der Waals surface area contributed by atoms with Crippen molar-refractivity contribution in [2.75, 3.05) is 26.2 Å². The molecule has 3 nitrogen and oxygen atoms in total. The number of hydrogen-bond acceptors (Lipinski definition) is 2. The number of rotatable bonds is 4. The molecule has 0 aromatic heterocycles. The second kappa shape index (κ2) is 7.36. The molecular weight excluding hydrogens is 335 g/mol. The minimum absolute atomic E-state index is 0.237. The van der Waals surface area contributed by atoms with Crippen LogP contribution >= 0.6 is 15.9 Å². The molecule has 1 aromatic rings. The number of halogens is 2. The third-order valence-corrected chi connectivity index (χ3v) is 4.52. The zero-order chi connectivity index (χ0) is 15.4. The van der Waals surface area contributed by atoms with E-state index in [0.29, 0.717) is 28.4 Å². The molecule has 1 amide bonds. The number of carbonyl (C=O) groups is 1. The van der Waals surface area contributed by atoms with Crippen LogP contribution in [0.4, 0.5) is 4.39 Å². The molecule has 0 radical (unpaired) electrons. The van der Waals surface area contributed by atoms with Crippen LogP contribution in [-0.4, -0.2) is 37.0 Å². The molecule has 1 saturated heterocycles. The number of hydrogen-bond donors (Lipinski definition) is 1. The lowest BCUT2D eigenvalue weighted by molar-refractivity contribution is 0.0935. The SMILES string of the molecule is C[C@@H]1C[C@H](C)CN(CCNC(=O)c2cc(F)ccc2Br)C1. The zero-order valence-electron chi connectivity index (χ0n) is 12.5. The van der Waals surface area contributed by atoms with Gasteiger partial charge in [-0.1, -0.05) is 13.8 Å². The van der Waals surface area contributed by atoms with Crippen LogP contribution in [0.1, 0.15) is 30.6 Å². The lowest BCUT2D eigenvalue weighted by Gasteiger charge is -2.34. The van der Waals surface area contributed by atoms with Gasteiger partial charge >= 0.3 is 0 Å². The van der Waals surface area contributed by atoms with E-state index in [-0.39, 0.29) is 5.91 Å². The minimum atomic E-state index is -0.401. The summed E-state index contributed by atoms with van der Waals surface area (Å²) in [7, 11) is 0. The molecule has 1 aliphatic rings. The Balaban J connectivity index is 1.83. The summed E-state index contributed by atoms with van der Waals surface area (Å²) in [6.07, 6.45) is 1.28. The fourth-order valence-corrected chi connectivity index (χ4v) is 3.50. The van der Waals surface area contributed by atoms with Gasteiger partial charge in [0.2, 0.25) is 0 Å². The van der Waals surface area contributed by atoms with Crippen molar-refractivity contribution in [3.05, 3.63) is 34.1 Å². The smallest absolute Gasteiger partial charge is 0.252 e. The number of amides is 1. The highest BCUT2D eigenvalue weighted by Crippen LogP contribution is 2.20. The number of carbonyl (C=O) groups excluding carboxylic acids is 1. The van der Waals surface area contributed by atoms with E-state index in [4.69, 9.17) is 0 Å². The van der Waals surface area contributed by atoms with E-state index in [1.165, 1.54) is 18.6 Å². The van der Waals surface area contributed by atoms with Gasteiger partial charge in [0.05, 0.1) is 5.56 Å². The highest BCUT2D eigenvalue weighted by atomic mass is 79.9. The third kappa shape index (κ3) is 4.78. The van der Waals surface area contributed by atoms with Crippen molar-refractivity contribution in [1.29, 1.82) is 0 Å². The van der Waals surface area contributed by atoms with E-state index < -0.39 is 5.82 Å². The summed E-state index contributed by atoms with van der Waals surface area (Å²) < 4.78 is 13.8. The third-order valence-electron chi connectivity index (χ3n) is 3.83. The van der Waals surface area contributed by atoms with Crippen LogP contribution in [0.3, 0.4) is 0 Å². The first-order valence-electron chi connectivity index (χ1n) is 7.41. The van der Waals surface area contributed by atoms with E-state index in [2.05, 4.69) is 40.0 Å². The van der Waals surface area contributed by atoms with Gasteiger partial charge in [-0.3, -0.25) is 4.79 Å². The Morgan fingerprint density at radius 2 is 2.05 bits per heavy atom. The van der Waals surface area contributed by atoms with E-state index in [9.17, 15) is 9.18 Å². The molecule has 0 bridgehead atoms. The standard InChI is InChI=1S/C16H22BrFN2O/c1-11-7-12(2)10-20(9-11)6-5-19-16(21)14-8-13(18)3-4-15(14)17/h3-4,8,11-12H,5-7,9-10H2,1-2H3,(H,19,21)/t11-,12+. The maximum atomic E-state index is 13.2. The zero-order valence-corrected chi connectivity index (χ0v) is 14.1. The fraction of sp³-hybridized carbons (Fsp3) is 0.562. The van der Waals surface area contributed by atoms with Gasteiger partial charge in [-0.25, -0.2) is 4.39 Å². The summed E-state index contributed by atoms with van der Waals surface area (Å²) in [5, 5.41) is 2.87. The molecule has 1 N–H and O–H groups in total. The van der Waals surface area contributed by atoms with Gasteiger partial charge < -0.3 is 10.2 Å². The number of benzene rings is 1. The monoisotopic (exact) mass is 356 g/mol. The van der Waals surface area contributed by atoms with Crippen molar-refractivity contribution >= 4 is 21.8 Å². The molecule has 1 heterocycles. The van der Waals surface area contributed by atoms with E-state index in [0.717, 1.165) is 19.6 Å². The summed E-state index contributed by atoms with van der Waals surface area (Å²) in [5.41, 5.74) is 0.343. The van der Waals surface area contributed by atoms with Crippen molar-refractivity contribution in [3.8, 4) is 0 Å². The summed E-state index contributed by atoms with van der Waals surface area (Å²) in [4.78, 5) is 14.5. The molecule has 1 aromatic carbocycles. The van der Waals surface area contributed by atoms with Gasteiger partial charge in [0.25, 0.3) is 5.91 Å². The highest BCUT2D eigenvalue weighted by molar-refractivity contribution is 9.10.